The van der Waals surface area contributed by atoms with Gasteiger partial charge >= 0.3 is 0 Å². The predicted octanol–water partition coefficient (Wildman–Crippen LogP) is 2.36. The number of benzene rings is 1. The zero-order chi connectivity index (χ0) is 15.4. The normalized spacial score (nSPS) is 12.9. The monoisotopic (exact) mass is 463 g/mol. The van der Waals surface area contributed by atoms with E-state index in [0.29, 0.717) is 0 Å². The number of hydrogen-bond acceptors (Lipinski definition) is 4. The molecule has 3 N–H and O–H groups in total. The van der Waals surface area contributed by atoms with E-state index in [1.54, 1.807) is 0 Å². The molecule has 0 saturated heterocycles. The van der Waals surface area contributed by atoms with Gasteiger partial charge in [0.15, 0.2) is 0 Å². The first kappa shape index (κ1) is 16.9. The molecule has 114 valence electrons. The van der Waals surface area contributed by atoms with Gasteiger partial charge in [0.05, 0.1) is 29.0 Å². The van der Waals surface area contributed by atoms with Gasteiger partial charge in [-0.25, -0.2) is 5.43 Å². The van der Waals surface area contributed by atoms with Gasteiger partial charge in [-0.05, 0) is 64.2 Å². The lowest BCUT2D eigenvalue weighted by Gasteiger charge is -2.21. The van der Waals surface area contributed by atoms with E-state index in [0.717, 1.165) is 28.8 Å². The molecule has 1 atom stereocenters. The van der Waals surface area contributed by atoms with Crippen molar-refractivity contribution < 1.29 is 0 Å². The Labute approximate surface area is 147 Å². The van der Waals surface area contributed by atoms with E-state index in [9.17, 15) is 0 Å². The average molecular weight is 464 g/mol. The Hall–Kier alpha value is -0.480. The smallest absolute Gasteiger partial charge is 0.0900 e. The summed E-state index contributed by atoms with van der Waals surface area (Å²) >= 11 is 5.92. The molecule has 0 amide bonds. The highest BCUT2D eigenvalue weighted by Gasteiger charge is 2.22. The van der Waals surface area contributed by atoms with Crippen LogP contribution in [0.15, 0.2) is 34.9 Å². The molecule has 5 nitrogen and oxygen atoms in total. The second-order valence-corrected chi connectivity index (χ2v) is 7.04. The maximum atomic E-state index is 5.83. The van der Waals surface area contributed by atoms with Gasteiger partial charge in [0.25, 0.3) is 0 Å². The second kappa shape index (κ2) is 7.68. The van der Waals surface area contributed by atoms with Crippen molar-refractivity contribution in [2.45, 2.75) is 12.6 Å². The van der Waals surface area contributed by atoms with E-state index >= 15 is 0 Å². The molecule has 1 aromatic heterocycles. The van der Waals surface area contributed by atoms with Crippen LogP contribution in [0.3, 0.4) is 0 Å². The maximum Gasteiger partial charge on any atom is 0.0900 e. The molecule has 0 fully saturated rings. The molecule has 0 spiro atoms. The molecule has 0 aliphatic rings. The van der Waals surface area contributed by atoms with Gasteiger partial charge in [-0.3, -0.25) is 10.5 Å². The van der Waals surface area contributed by atoms with E-state index in [4.69, 9.17) is 5.84 Å². The molecule has 0 saturated carbocycles. The molecule has 21 heavy (non-hydrogen) atoms. The molecule has 0 bridgehead atoms. The molecule has 2 aromatic rings. The van der Waals surface area contributed by atoms with Crippen molar-refractivity contribution in [1.82, 2.24) is 20.1 Å². The quantitative estimate of drug-likeness (QED) is 0.392. The average Bonchev–Trinajstić information content (AvgIpc) is 2.81. The van der Waals surface area contributed by atoms with E-state index < -0.39 is 0 Å². The number of nitrogens with zero attached hydrogens (tertiary/aromatic N) is 3. The van der Waals surface area contributed by atoms with Gasteiger partial charge < -0.3 is 4.90 Å². The summed E-state index contributed by atoms with van der Waals surface area (Å²) in [6, 6.07) is 8.11. The van der Waals surface area contributed by atoms with Crippen molar-refractivity contribution in [3.05, 3.63) is 49.8 Å². The van der Waals surface area contributed by atoms with Crippen LogP contribution in [-0.2, 0) is 6.54 Å². The molecule has 1 unspecified atom stereocenters. The lowest BCUT2D eigenvalue weighted by Crippen LogP contribution is -2.32. The standard InChI is InChI=1S/C14H19BrIN5/c1-20(2)7-8-21-14(11(15)9-18-21)13(19-17)10-5-3-4-6-12(10)16/h3-6,9,13,19H,7-8,17H2,1-2H3. The number of hydrazine groups is 1. The summed E-state index contributed by atoms with van der Waals surface area (Å²) in [5.41, 5.74) is 5.11. The highest BCUT2D eigenvalue weighted by atomic mass is 127. The minimum absolute atomic E-state index is 0.0999. The molecule has 2 rings (SSSR count). The first-order chi connectivity index (χ1) is 10.0. The van der Waals surface area contributed by atoms with Crippen LogP contribution >= 0.6 is 38.5 Å². The Kier molecular flexibility index (Phi) is 6.18. The number of halogens is 2. The van der Waals surface area contributed by atoms with Gasteiger partial charge in [-0.1, -0.05) is 18.2 Å². The third kappa shape index (κ3) is 4.04. The summed E-state index contributed by atoms with van der Waals surface area (Å²) in [7, 11) is 4.11. The van der Waals surface area contributed by atoms with Crippen LogP contribution in [0.25, 0.3) is 0 Å². The first-order valence-electron chi connectivity index (χ1n) is 6.61. The predicted molar refractivity (Wildman–Crippen MR) is 96.8 cm³/mol. The molecular weight excluding hydrogens is 445 g/mol. The molecular formula is C14H19BrIN5. The molecule has 1 aromatic carbocycles. The van der Waals surface area contributed by atoms with Gasteiger partial charge in [-0.15, -0.1) is 0 Å². The number of nitrogens with one attached hydrogen (secondary N) is 1. The Morgan fingerprint density at radius 3 is 2.76 bits per heavy atom. The summed E-state index contributed by atoms with van der Waals surface area (Å²) < 4.78 is 4.13. The van der Waals surface area contributed by atoms with Crippen molar-refractivity contribution in [2.75, 3.05) is 20.6 Å². The van der Waals surface area contributed by atoms with Crippen LogP contribution in [0.4, 0.5) is 0 Å². The second-order valence-electron chi connectivity index (χ2n) is 5.03. The van der Waals surface area contributed by atoms with Gasteiger partial charge in [0.1, 0.15) is 0 Å². The van der Waals surface area contributed by atoms with Crippen molar-refractivity contribution in [2.24, 2.45) is 5.84 Å². The lowest BCUT2D eigenvalue weighted by molar-refractivity contribution is 0.365. The van der Waals surface area contributed by atoms with E-state index in [-0.39, 0.29) is 6.04 Å². The van der Waals surface area contributed by atoms with E-state index in [1.807, 2.05) is 23.0 Å². The van der Waals surface area contributed by atoms with Crippen LogP contribution in [0.1, 0.15) is 17.3 Å². The highest BCUT2D eigenvalue weighted by molar-refractivity contribution is 14.1. The van der Waals surface area contributed by atoms with Crippen LogP contribution in [0.5, 0.6) is 0 Å². The number of hydrogen-bond donors (Lipinski definition) is 2. The summed E-state index contributed by atoms with van der Waals surface area (Å²) in [6.45, 7) is 1.74. The Morgan fingerprint density at radius 2 is 2.14 bits per heavy atom. The molecule has 1 heterocycles. The number of nitrogens with two attached hydrogens (primary N) is 1. The third-order valence-electron chi connectivity index (χ3n) is 3.25. The zero-order valence-corrected chi connectivity index (χ0v) is 15.8. The molecule has 0 radical (unpaired) electrons. The highest BCUT2D eigenvalue weighted by Crippen LogP contribution is 2.30. The number of likely N-dealkylation sites (N-methyl/N-ethyl adjacent to an activating group) is 1. The van der Waals surface area contributed by atoms with Gasteiger partial charge in [-0.2, -0.15) is 5.10 Å². The summed E-state index contributed by atoms with van der Waals surface area (Å²) in [5.74, 6) is 5.83. The Morgan fingerprint density at radius 1 is 1.43 bits per heavy atom. The van der Waals surface area contributed by atoms with Gasteiger partial charge in [0, 0.05) is 10.1 Å². The van der Waals surface area contributed by atoms with Crippen molar-refractivity contribution in [3.8, 4) is 0 Å². The molecule has 0 aliphatic heterocycles. The summed E-state index contributed by atoms with van der Waals surface area (Å²) in [6.07, 6.45) is 1.82. The summed E-state index contributed by atoms with van der Waals surface area (Å²) in [5, 5.41) is 4.46. The van der Waals surface area contributed by atoms with Crippen LogP contribution in [0.2, 0.25) is 0 Å². The first-order valence-corrected chi connectivity index (χ1v) is 8.48. The van der Waals surface area contributed by atoms with Crippen LogP contribution < -0.4 is 11.3 Å². The van der Waals surface area contributed by atoms with Crippen LogP contribution in [0, 0.1) is 3.57 Å². The fourth-order valence-electron chi connectivity index (χ4n) is 2.16. The minimum atomic E-state index is -0.0999. The van der Waals surface area contributed by atoms with Gasteiger partial charge in [0.2, 0.25) is 0 Å². The topological polar surface area (TPSA) is 59.1 Å². The number of rotatable bonds is 6. The molecule has 0 aliphatic carbocycles. The Bertz CT molecular complexity index is 599. The van der Waals surface area contributed by atoms with E-state index in [2.05, 4.69) is 80.2 Å². The fourth-order valence-corrected chi connectivity index (χ4v) is 3.38. The lowest BCUT2D eigenvalue weighted by atomic mass is 10.0. The van der Waals surface area contributed by atoms with Crippen molar-refractivity contribution in [3.63, 3.8) is 0 Å². The van der Waals surface area contributed by atoms with E-state index in [1.165, 1.54) is 3.57 Å². The molecule has 7 heteroatoms. The van der Waals surface area contributed by atoms with Crippen molar-refractivity contribution in [1.29, 1.82) is 0 Å². The third-order valence-corrected chi connectivity index (χ3v) is 4.84. The SMILES string of the molecule is CN(C)CCn1ncc(Br)c1C(NN)c1ccccc1I. The van der Waals surface area contributed by atoms with Crippen LogP contribution in [-0.4, -0.2) is 35.3 Å². The number of aromatic nitrogens is 2. The van der Waals surface area contributed by atoms with Crippen molar-refractivity contribution >= 4 is 38.5 Å². The zero-order valence-electron chi connectivity index (χ0n) is 12.1. The largest absolute Gasteiger partial charge is 0.308 e. The maximum absolute atomic E-state index is 5.83. The minimum Gasteiger partial charge on any atom is -0.308 e. The Balaban J connectivity index is 2.38. The summed E-state index contributed by atoms with van der Waals surface area (Å²) in [4.78, 5) is 2.14. The fraction of sp³-hybridized carbons (Fsp3) is 0.357.